The lowest BCUT2D eigenvalue weighted by Gasteiger charge is -2.38. The fourth-order valence-corrected chi connectivity index (χ4v) is 3.18. The Kier molecular flexibility index (Phi) is 6.77. The lowest BCUT2D eigenvalue weighted by atomic mass is 10.0. The van der Waals surface area contributed by atoms with Crippen LogP contribution in [0.25, 0.3) is 0 Å². The van der Waals surface area contributed by atoms with Crippen LogP contribution in [0.1, 0.15) is 33.1 Å². The Morgan fingerprint density at radius 3 is 2.73 bits per heavy atom. The largest absolute Gasteiger partial charge is 0.355 e. The first-order valence-corrected chi connectivity index (χ1v) is 8.51. The van der Waals surface area contributed by atoms with E-state index in [4.69, 9.17) is 0 Å². The topological polar surface area (TPSA) is 44.6 Å². The highest BCUT2D eigenvalue weighted by molar-refractivity contribution is 5.79. The number of nitrogens with one attached hydrogen (secondary N) is 2. The Morgan fingerprint density at radius 2 is 2.05 bits per heavy atom. The molecule has 0 bridgehead atoms. The molecule has 22 heavy (non-hydrogen) atoms. The monoisotopic (exact) mass is 305 g/mol. The van der Waals surface area contributed by atoms with Gasteiger partial charge in [-0.3, -0.25) is 9.89 Å². The molecule has 2 unspecified atom stereocenters. The first-order chi connectivity index (χ1) is 10.7. The van der Waals surface area contributed by atoms with Crippen molar-refractivity contribution in [2.75, 3.05) is 26.7 Å². The molecule has 2 heterocycles. The quantitative estimate of drug-likeness (QED) is 0.623. The van der Waals surface area contributed by atoms with Gasteiger partial charge in [-0.25, -0.2) is 0 Å². The molecule has 124 valence electrons. The van der Waals surface area contributed by atoms with Gasteiger partial charge in [0, 0.05) is 51.2 Å². The summed E-state index contributed by atoms with van der Waals surface area (Å²) in [5.74, 6) is 0.892. The van der Waals surface area contributed by atoms with Gasteiger partial charge in [0.15, 0.2) is 5.96 Å². The molecule has 1 fully saturated rings. The second-order valence-electron chi connectivity index (χ2n) is 6.23. The third kappa shape index (κ3) is 5.05. The Morgan fingerprint density at radius 1 is 1.27 bits per heavy atom. The highest BCUT2D eigenvalue weighted by atomic mass is 15.2. The van der Waals surface area contributed by atoms with Crippen molar-refractivity contribution < 1.29 is 0 Å². The molecule has 1 saturated heterocycles. The predicted octanol–water partition coefficient (Wildman–Crippen LogP) is 1.92. The van der Waals surface area contributed by atoms with Gasteiger partial charge in [-0.15, -0.1) is 0 Å². The van der Waals surface area contributed by atoms with E-state index in [2.05, 4.69) is 63.5 Å². The number of aliphatic imine (C=N–C) groups is 1. The lowest BCUT2D eigenvalue weighted by molar-refractivity contribution is 0.115. The van der Waals surface area contributed by atoms with Crippen LogP contribution in [0.15, 0.2) is 29.5 Å². The summed E-state index contributed by atoms with van der Waals surface area (Å²) < 4.78 is 2.16. The summed E-state index contributed by atoms with van der Waals surface area (Å²) in [6, 6.07) is 5.34. The Bertz CT molecular complexity index is 440. The van der Waals surface area contributed by atoms with E-state index in [-0.39, 0.29) is 0 Å². The maximum atomic E-state index is 4.31. The van der Waals surface area contributed by atoms with Crippen LogP contribution < -0.4 is 10.6 Å². The molecule has 5 heteroatoms. The van der Waals surface area contributed by atoms with E-state index in [1.54, 1.807) is 0 Å². The van der Waals surface area contributed by atoms with Crippen LogP contribution in [0, 0.1) is 0 Å². The summed E-state index contributed by atoms with van der Waals surface area (Å²) >= 11 is 0. The molecule has 0 aromatic carbocycles. The number of aromatic nitrogens is 1. The van der Waals surface area contributed by atoms with E-state index >= 15 is 0 Å². The number of likely N-dealkylation sites (tertiary alicyclic amines) is 1. The fourth-order valence-electron chi connectivity index (χ4n) is 3.18. The van der Waals surface area contributed by atoms with Gasteiger partial charge >= 0.3 is 0 Å². The second-order valence-corrected chi connectivity index (χ2v) is 6.23. The smallest absolute Gasteiger partial charge is 0.191 e. The molecule has 5 nitrogen and oxygen atoms in total. The van der Waals surface area contributed by atoms with Crippen molar-refractivity contribution >= 4 is 5.96 Å². The van der Waals surface area contributed by atoms with E-state index in [9.17, 15) is 0 Å². The minimum absolute atomic E-state index is 0.540. The molecule has 0 amide bonds. The van der Waals surface area contributed by atoms with Crippen molar-refractivity contribution in [3.8, 4) is 0 Å². The normalized spacial score (nSPS) is 21.6. The maximum Gasteiger partial charge on any atom is 0.191 e. The number of nitrogens with zero attached hydrogens (tertiary/aromatic N) is 3. The van der Waals surface area contributed by atoms with Gasteiger partial charge in [0.1, 0.15) is 0 Å². The van der Waals surface area contributed by atoms with Crippen LogP contribution in [-0.2, 0) is 6.54 Å². The molecular weight excluding hydrogens is 274 g/mol. The summed E-state index contributed by atoms with van der Waals surface area (Å²) in [4.78, 5) is 6.92. The number of piperidine rings is 1. The summed E-state index contributed by atoms with van der Waals surface area (Å²) in [6.07, 6.45) is 8.20. The van der Waals surface area contributed by atoms with Gasteiger partial charge in [0.25, 0.3) is 0 Å². The fraction of sp³-hybridized carbons (Fsp3) is 0.706. The highest BCUT2D eigenvalue weighted by Gasteiger charge is 2.22. The van der Waals surface area contributed by atoms with Crippen molar-refractivity contribution in [3.05, 3.63) is 24.5 Å². The zero-order valence-corrected chi connectivity index (χ0v) is 14.3. The first-order valence-electron chi connectivity index (χ1n) is 8.51. The van der Waals surface area contributed by atoms with Gasteiger partial charge in [-0.2, -0.15) is 0 Å². The third-order valence-electron chi connectivity index (χ3n) is 4.54. The lowest BCUT2D eigenvalue weighted by Crippen LogP contribution is -2.50. The van der Waals surface area contributed by atoms with Crippen molar-refractivity contribution in [1.82, 2.24) is 20.1 Å². The van der Waals surface area contributed by atoms with Crippen LogP contribution in [0.3, 0.4) is 0 Å². The molecule has 0 radical (unpaired) electrons. The van der Waals surface area contributed by atoms with Crippen LogP contribution in [0.5, 0.6) is 0 Å². The molecular formula is C17H31N5. The summed E-state index contributed by atoms with van der Waals surface area (Å²) in [5, 5.41) is 6.83. The molecule has 0 aliphatic carbocycles. The van der Waals surface area contributed by atoms with Crippen LogP contribution >= 0.6 is 0 Å². The molecule has 0 saturated carbocycles. The average Bonchev–Trinajstić information content (AvgIpc) is 3.04. The van der Waals surface area contributed by atoms with Crippen molar-refractivity contribution in [1.29, 1.82) is 0 Å². The van der Waals surface area contributed by atoms with E-state index in [0.29, 0.717) is 12.1 Å². The van der Waals surface area contributed by atoms with E-state index in [1.807, 2.05) is 7.05 Å². The van der Waals surface area contributed by atoms with E-state index < -0.39 is 0 Å². The summed E-state index contributed by atoms with van der Waals surface area (Å²) in [6.45, 7) is 8.65. The van der Waals surface area contributed by atoms with Gasteiger partial charge in [-0.1, -0.05) is 6.42 Å². The van der Waals surface area contributed by atoms with E-state index in [0.717, 1.165) is 25.6 Å². The number of hydrogen-bond acceptors (Lipinski definition) is 2. The minimum Gasteiger partial charge on any atom is -0.355 e. The van der Waals surface area contributed by atoms with Crippen molar-refractivity contribution in [2.45, 2.75) is 51.7 Å². The standard InChI is InChI=1S/C17H31N5/c1-15-8-4-5-12-22(15)16(2)14-20-17(18-3)19-9-13-21-10-6-7-11-21/h6-7,10-11,15-16H,4-5,8-9,12-14H2,1-3H3,(H2,18,19,20). The first kappa shape index (κ1) is 16.9. The molecule has 1 aliphatic heterocycles. The van der Waals surface area contributed by atoms with Crippen molar-refractivity contribution in [2.24, 2.45) is 4.99 Å². The SMILES string of the molecule is CN=C(NCCn1cccc1)NCC(C)N1CCCCC1C. The maximum absolute atomic E-state index is 4.31. The molecule has 1 aliphatic rings. The second kappa shape index (κ2) is 8.83. The Labute approximate surface area is 134 Å². The highest BCUT2D eigenvalue weighted by Crippen LogP contribution is 2.18. The average molecular weight is 305 g/mol. The Hall–Kier alpha value is -1.49. The minimum atomic E-state index is 0.540. The number of hydrogen-bond donors (Lipinski definition) is 2. The van der Waals surface area contributed by atoms with Crippen LogP contribution in [0.2, 0.25) is 0 Å². The van der Waals surface area contributed by atoms with Gasteiger partial charge in [0.05, 0.1) is 0 Å². The molecule has 0 spiro atoms. The van der Waals surface area contributed by atoms with Crippen LogP contribution in [0.4, 0.5) is 0 Å². The molecule has 1 aromatic heterocycles. The van der Waals surface area contributed by atoms with Crippen molar-refractivity contribution in [3.63, 3.8) is 0 Å². The van der Waals surface area contributed by atoms with Gasteiger partial charge < -0.3 is 15.2 Å². The van der Waals surface area contributed by atoms with Gasteiger partial charge in [0.2, 0.25) is 0 Å². The summed E-state index contributed by atoms with van der Waals surface area (Å²) in [7, 11) is 1.83. The zero-order valence-electron chi connectivity index (χ0n) is 14.3. The third-order valence-corrected chi connectivity index (χ3v) is 4.54. The molecule has 2 rings (SSSR count). The Balaban J connectivity index is 1.69. The predicted molar refractivity (Wildman–Crippen MR) is 93.3 cm³/mol. The molecule has 2 N–H and O–H groups in total. The van der Waals surface area contributed by atoms with Crippen LogP contribution in [-0.4, -0.2) is 54.2 Å². The number of guanidine groups is 1. The number of rotatable bonds is 6. The van der Waals surface area contributed by atoms with Gasteiger partial charge in [-0.05, 0) is 45.4 Å². The molecule has 2 atom stereocenters. The molecule has 1 aromatic rings. The summed E-state index contributed by atoms with van der Waals surface area (Å²) in [5.41, 5.74) is 0. The van der Waals surface area contributed by atoms with E-state index in [1.165, 1.54) is 25.8 Å². The zero-order chi connectivity index (χ0) is 15.8.